The maximum Gasteiger partial charge on any atom is 0.124 e. The first-order valence-electron chi connectivity index (χ1n) is 6.71. The highest BCUT2D eigenvalue weighted by atomic mass is 79.9. The van der Waals surface area contributed by atoms with Gasteiger partial charge in [0.05, 0.1) is 6.10 Å². The number of rotatable bonds is 5. The summed E-state index contributed by atoms with van der Waals surface area (Å²) in [5.74, 6) is -0.278. The topological polar surface area (TPSA) is 20.2 Å². The Morgan fingerprint density at radius 2 is 1.95 bits per heavy atom. The second-order valence-corrected chi connectivity index (χ2v) is 6.08. The summed E-state index contributed by atoms with van der Waals surface area (Å²) in [5.41, 5.74) is 3.27. The lowest BCUT2D eigenvalue weighted by atomic mass is 10.0. The van der Waals surface area contributed by atoms with E-state index in [-0.39, 0.29) is 5.82 Å². The van der Waals surface area contributed by atoms with Crippen LogP contribution in [0.4, 0.5) is 4.39 Å². The molecule has 0 aliphatic carbocycles. The summed E-state index contributed by atoms with van der Waals surface area (Å²) in [6, 6.07) is 13.0. The Morgan fingerprint density at radius 3 is 2.65 bits per heavy atom. The quantitative estimate of drug-likeness (QED) is 0.856. The zero-order chi connectivity index (χ0) is 14.5. The van der Waals surface area contributed by atoms with Crippen molar-refractivity contribution >= 4 is 15.9 Å². The Kier molecular flexibility index (Phi) is 5.32. The van der Waals surface area contributed by atoms with Crippen LogP contribution in [0.3, 0.4) is 0 Å². The van der Waals surface area contributed by atoms with Gasteiger partial charge in [-0.25, -0.2) is 4.39 Å². The molecular weight excluding hydrogens is 319 g/mol. The van der Waals surface area contributed by atoms with E-state index in [2.05, 4.69) is 41.1 Å². The first kappa shape index (κ1) is 15.2. The standard InChI is InChI=1S/C17H18BrFO/c1-12-3-2-4-13(7-12)5-6-17(20)10-14-8-15(18)11-16(19)9-14/h2-4,7-9,11,17,20H,5-6,10H2,1H3. The van der Waals surface area contributed by atoms with E-state index in [9.17, 15) is 9.50 Å². The molecule has 0 amide bonds. The van der Waals surface area contributed by atoms with Gasteiger partial charge in [0.25, 0.3) is 0 Å². The summed E-state index contributed by atoms with van der Waals surface area (Å²) in [6.07, 6.45) is 1.53. The molecule has 0 aliphatic heterocycles. The summed E-state index contributed by atoms with van der Waals surface area (Å²) >= 11 is 3.26. The SMILES string of the molecule is Cc1cccc(CCC(O)Cc2cc(F)cc(Br)c2)c1. The molecule has 0 aliphatic rings. The molecule has 20 heavy (non-hydrogen) atoms. The van der Waals surface area contributed by atoms with Crippen LogP contribution in [0.15, 0.2) is 46.9 Å². The van der Waals surface area contributed by atoms with Gasteiger partial charge >= 0.3 is 0 Å². The number of aryl methyl sites for hydroxylation is 2. The summed E-state index contributed by atoms with van der Waals surface area (Å²) in [7, 11) is 0. The van der Waals surface area contributed by atoms with E-state index in [1.165, 1.54) is 23.3 Å². The molecule has 0 heterocycles. The highest BCUT2D eigenvalue weighted by Crippen LogP contribution is 2.17. The molecule has 0 radical (unpaired) electrons. The Bertz CT molecular complexity index is 563. The molecular formula is C17H18BrFO. The molecule has 0 aromatic heterocycles. The molecule has 1 unspecified atom stereocenters. The number of benzene rings is 2. The van der Waals surface area contributed by atoms with E-state index in [0.29, 0.717) is 17.3 Å². The number of halogens is 2. The van der Waals surface area contributed by atoms with Gasteiger partial charge in [-0.3, -0.25) is 0 Å². The van der Waals surface area contributed by atoms with E-state index < -0.39 is 6.10 Å². The molecule has 0 fully saturated rings. The molecule has 1 nitrogen and oxygen atoms in total. The van der Waals surface area contributed by atoms with E-state index in [4.69, 9.17) is 0 Å². The van der Waals surface area contributed by atoms with Crippen LogP contribution < -0.4 is 0 Å². The summed E-state index contributed by atoms with van der Waals surface area (Å²) in [4.78, 5) is 0. The summed E-state index contributed by atoms with van der Waals surface area (Å²) in [5, 5.41) is 10.1. The van der Waals surface area contributed by atoms with Gasteiger partial charge < -0.3 is 5.11 Å². The van der Waals surface area contributed by atoms with Gasteiger partial charge in [-0.1, -0.05) is 45.8 Å². The molecule has 2 aromatic carbocycles. The molecule has 0 saturated heterocycles. The number of hydrogen-bond acceptors (Lipinski definition) is 1. The number of hydrogen-bond donors (Lipinski definition) is 1. The van der Waals surface area contributed by atoms with Crippen molar-refractivity contribution < 1.29 is 9.50 Å². The van der Waals surface area contributed by atoms with Gasteiger partial charge in [0.15, 0.2) is 0 Å². The molecule has 106 valence electrons. The fourth-order valence-corrected chi connectivity index (χ4v) is 2.82. The second kappa shape index (κ2) is 7.00. The van der Waals surface area contributed by atoms with Crippen molar-refractivity contribution in [1.82, 2.24) is 0 Å². The zero-order valence-corrected chi connectivity index (χ0v) is 13.0. The monoisotopic (exact) mass is 336 g/mol. The lowest BCUT2D eigenvalue weighted by molar-refractivity contribution is 0.165. The third-order valence-corrected chi connectivity index (χ3v) is 3.70. The predicted molar refractivity (Wildman–Crippen MR) is 83.3 cm³/mol. The van der Waals surface area contributed by atoms with Crippen LogP contribution in [0.25, 0.3) is 0 Å². The van der Waals surface area contributed by atoms with Crippen LogP contribution >= 0.6 is 15.9 Å². The van der Waals surface area contributed by atoms with Gasteiger partial charge in [-0.15, -0.1) is 0 Å². The van der Waals surface area contributed by atoms with Crippen LogP contribution in [0.1, 0.15) is 23.1 Å². The summed E-state index contributed by atoms with van der Waals surface area (Å²) in [6.45, 7) is 2.06. The van der Waals surface area contributed by atoms with Crippen LogP contribution in [0, 0.1) is 12.7 Å². The minimum absolute atomic E-state index is 0.278. The predicted octanol–water partition coefficient (Wildman–Crippen LogP) is 4.43. The van der Waals surface area contributed by atoms with Crippen LogP contribution in [0.5, 0.6) is 0 Å². The van der Waals surface area contributed by atoms with Crippen LogP contribution in [-0.2, 0) is 12.8 Å². The van der Waals surface area contributed by atoms with E-state index in [1.54, 1.807) is 0 Å². The lowest BCUT2D eigenvalue weighted by Gasteiger charge is -2.11. The highest BCUT2D eigenvalue weighted by molar-refractivity contribution is 9.10. The molecule has 2 aromatic rings. The average molecular weight is 337 g/mol. The summed E-state index contributed by atoms with van der Waals surface area (Å²) < 4.78 is 14.0. The molecule has 0 spiro atoms. The van der Waals surface area contributed by atoms with Crippen molar-refractivity contribution in [2.45, 2.75) is 32.3 Å². The Balaban J connectivity index is 1.90. The fraction of sp³-hybridized carbons (Fsp3) is 0.294. The van der Waals surface area contributed by atoms with Crippen molar-refractivity contribution in [3.8, 4) is 0 Å². The molecule has 1 N–H and O–H groups in total. The van der Waals surface area contributed by atoms with E-state index in [0.717, 1.165) is 12.0 Å². The minimum atomic E-state index is -0.454. The first-order valence-corrected chi connectivity index (χ1v) is 7.51. The molecule has 3 heteroatoms. The van der Waals surface area contributed by atoms with Gasteiger partial charge in [-0.2, -0.15) is 0 Å². The Labute approximate surface area is 127 Å². The maximum atomic E-state index is 13.3. The van der Waals surface area contributed by atoms with Crippen molar-refractivity contribution in [2.24, 2.45) is 0 Å². The molecule has 0 saturated carbocycles. The van der Waals surface area contributed by atoms with Crippen LogP contribution in [-0.4, -0.2) is 11.2 Å². The van der Waals surface area contributed by atoms with Gasteiger partial charge in [0, 0.05) is 4.47 Å². The Morgan fingerprint density at radius 1 is 1.15 bits per heavy atom. The fourth-order valence-electron chi connectivity index (χ4n) is 2.30. The third-order valence-electron chi connectivity index (χ3n) is 3.24. The smallest absolute Gasteiger partial charge is 0.124 e. The van der Waals surface area contributed by atoms with E-state index in [1.807, 2.05) is 12.1 Å². The molecule has 0 bridgehead atoms. The van der Waals surface area contributed by atoms with Crippen molar-refractivity contribution in [1.29, 1.82) is 0 Å². The van der Waals surface area contributed by atoms with Crippen molar-refractivity contribution in [3.05, 3.63) is 69.4 Å². The zero-order valence-electron chi connectivity index (χ0n) is 11.4. The largest absolute Gasteiger partial charge is 0.393 e. The van der Waals surface area contributed by atoms with Gasteiger partial charge in [0.2, 0.25) is 0 Å². The minimum Gasteiger partial charge on any atom is -0.393 e. The van der Waals surface area contributed by atoms with Gasteiger partial charge in [0.1, 0.15) is 5.82 Å². The second-order valence-electron chi connectivity index (χ2n) is 5.16. The van der Waals surface area contributed by atoms with Gasteiger partial charge in [-0.05, 0) is 55.5 Å². The maximum absolute atomic E-state index is 13.3. The average Bonchev–Trinajstić information content (AvgIpc) is 2.35. The highest BCUT2D eigenvalue weighted by Gasteiger charge is 2.08. The third kappa shape index (κ3) is 4.73. The van der Waals surface area contributed by atoms with E-state index >= 15 is 0 Å². The first-order chi connectivity index (χ1) is 9.52. The molecule has 2 rings (SSSR count). The van der Waals surface area contributed by atoms with Crippen molar-refractivity contribution in [3.63, 3.8) is 0 Å². The van der Waals surface area contributed by atoms with Crippen LogP contribution in [0.2, 0.25) is 0 Å². The molecule has 1 atom stereocenters. The lowest BCUT2D eigenvalue weighted by Crippen LogP contribution is -2.12. The van der Waals surface area contributed by atoms with Crippen molar-refractivity contribution in [2.75, 3.05) is 0 Å². The Hall–Kier alpha value is -1.19. The number of aliphatic hydroxyl groups is 1. The normalized spacial score (nSPS) is 12.4. The number of aliphatic hydroxyl groups excluding tert-OH is 1.